The van der Waals surface area contributed by atoms with Crippen LogP contribution in [-0.4, -0.2) is 22.4 Å². The fourth-order valence-corrected chi connectivity index (χ4v) is 1.64. The van der Waals surface area contributed by atoms with Crippen LogP contribution < -0.4 is 5.73 Å². The minimum atomic E-state index is -0.418. The number of carbonyl (C=O) groups excluding carboxylic acids is 1. The Balaban J connectivity index is 2.92. The number of aromatic nitrogens is 2. The highest BCUT2D eigenvalue weighted by atomic mass is 16.5. The van der Waals surface area contributed by atoms with Crippen LogP contribution in [-0.2, 0) is 4.74 Å². The largest absolute Gasteiger partial charge is 0.461 e. The van der Waals surface area contributed by atoms with Crippen molar-refractivity contribution < 1.29 is 9.53 Å². The monoisotopic (exact) mass is 225 g/mol. The first-order valence-corrected chi connectivity index (χ1v) is 5.66. The van der Waals surface area contributed by atoms with Crippen molar-refractivity contribution in [3.05, 3.63) is 11.8 Å². The summed E-state index contributed by atoms with van der Waals surface area (Å²) in [7, 11) is 0. The van der Waals surface area contributed by atoms with E-state index in [4.69, 9.17) is 10.5 Å². The van der Waals surface area contributed by atoms with Crippen molar-refractivity contribution in [1.82, 2.24) is 9.78 Å². The van der Waals surface area contributed by atoms with Crippen molar-refractivity contribution in [2.45, 2.75) is 39.7 Å². The summed E-state index contributed by atoms with van der Waals surface area (Å²) in [6, 6.07) is 1.80. The molecule has 0 aliphatic rings. The van der Waals surface area contributed by atoms with Crippen molar-refractivity contribution in [2.75, 3.05) is 12.3 Å². The quantitative estimate of drug-likeness (QED) is 0.778. The number of rotatable bonds is 5. The molecule has 1 aromatic heterocycles. The summed E-state index contributed by atoms with van der Waals surface area (Å²) in [6.07, 6.45) is 1.87. The maximum Gasteiger partial charge on any atom is 0.358 e. The summed E-state index contributed by atoms with van der Waals surface area (Å²) < 4.78 is 6.57. The molecule has 1 heterocycles. The Kier molecular flexibility index (Phi) is 4.34. The smallest absolute Gasteiger partial charge is 0.358 e. The van der Waals surface area contributed by atoms with Gasteiger partial charge in [0.05, 0.1) is 12.6 Å². The molecule has 0 bridgehead atoms. The van der Waals surface area contributed by atoms with E-state index in [1.807, 2.05) is 0 Å². The van der Waals surface area contributed by atoms with Crippen LogP contribution in [0.4, 0.5) is 5.82 Å². The van der Waals surface area contributed by atoms with Crippen molar-refractivity contribution in [1.29, 1.82) is 0 Å². The number of carbonyl (C=O) groups is 1. The molecule has 1 rings (SSSR count). The first-order chi connectivity index (χ1) is 7.63. The fourth-order valence-electron chi connectivity index (χ4n) is 1.64. The molecule has 0 spiro atoms. The fraction of sp³-hybridized carbons (Fsp3) is 0.636. The molecule has 0 saturated carbocycles. The van der Waals surface area contributed by atoms with Gasteiger partial charge < -0.3 is 10.5 Å². The van der Waals surface area contributed by atoms with Gasteiger partial charge in [-0.1, -0.05) is 13.8 Å². The maximum atomic E-state index is 11.5. The molecule has 0 aliphatic heterocycles. The first kappa shape index (κ1) is 12.5. The van der Waals surface area contributed by atoms with Crippen molar-refractivity contribution in [2.24, 2.45) is 0 Å². The molecule has 90 valence electrons. The molecule has 2 N–H and O–H groups in total. The highest BCUT2D eigenvalue weighted by Gasteiger charge is 2.17. The Morgan fingerprint density at radius 1 is 1.50 bits per heavy atom. The van der Waals surface area contributed by atoms with Gasteiger partial charge in [0, 0.05) is 6.07 Å². The molecule has 0 aromatic carbocycles. The highest BCUT2D eigenvalue weighted by molar-refractivity contribution is 5.88. The van der Waals surface area contributed by atoms with Gasteiger partial charge in [-0.25, -0.2) is 9.48 Å². The maximum absolute atomic E-state index is 11.5. The molecule has 0 fully saturated rings. The Labute approximate surface area is 95.6 Å². The molecule has 16 heavy (non-hydrogen) atoms. The second kappa shape index (κ2) is 5.53. The molecule has 0 atom stereocenters. The molecule has 5 nitrogen and oxygen atoms in total. The summed E-state index contributed by atoms with van der Waals surface area (Å²) in [5.41, 5.74) is 6.10. The van der Waals surface area contributed by atoms with Gasteiger partial charge in [0.2, 0.25) is 0 Å². The second-order valence-electron chi connectivity index (χ2n) is 3.59. The average Bonchev–Trinajstić information content (AvgIpc) is 2.63. The van der Waals surface area contributed by atoms with E-state index in [1.54, 1.807) is 17.7 Å². The first-order valence-electron chi connectivity index (χ1n) is 5.66. The van der Waals surface area contributed by atoms with Crippen LogP contribution in [0.2, 0.25) is 0 Å². The van der Waals surface area contributed by atoms with Crippen LogP contribution in [0.3, 0.4) is 0 Å². The number of hydrogen-bond acceptors (Lipinski definition) is 4. The van der Waals surface area contributed by atoms with Gasteiger partial charge in [-0.2, -0.15) is 5.10 Å². The van der Waals surface area contributed by atoms with Gasteiger partial charge in [-0.3, -0.25) is 0 Å². The predicted molar refractivity (Wildman–Crippen MR) is 62.2 cm³/mol. The van der Waals surface area contributed by atoms with Gasteiger partial charge in [0.25, 0.3) is 0 Å². The van der Waals surface area contributed by atoms with E-state index >= 15 is 0 Å². The minimum absolute atomic E-state index is 0.239. The average molecular weight is 225 g/mol. The number of esters is 1. The summed E-state index contributed by atoms with van der Waals surface area (Å²) in [6.45, 7) is 6.24. The molecule has 0 aliphatic carbocycles. The third-order valence-corrected chi connectivity index (χ3v) is 2.54. The van der Waals surface area contributed by atoms with Crippen molar-refractivity contribution >= 4 is 11.8 Å². The third-order valence-electron chi connectivity index (χ3n) is 2.54. The zero-order chi connectivity index (χ0) is 12.1. The highest BCUT2D eigenvalue weighted by Crippen LogP contribution is 2.20. The van der Waals surface area contributed by atoms with Gasteiger partial charge in [0.15, 0.2) is 5.69 Å². The molecule has 5 heteroatoms. The minimum Gasteiger partial charge on any atom is -0.461 e. The van der Waals surface area contributed by atoms with E-state index in [-0.39, 0.29) is 11.7 Å². The summed E-state index contributed by atoms with van der Waals surface area (Å²) in [5.74, 6) is 0.0932. The van der Waals surface area contributed by atoms with Gasteiger partial charge >= 0.3 is 5.97 Å². The summed E-state index contributed by atoms with van der Waals surface area (Å²) in [4.78, 5) is 11.5. The Bertz CT molecular complexity index is 356. The van der Waals surface area contributed by atoms with E-state index in [0.29, 0.717) is 12.4 Å². The molecule has 0 amide bonds. The molecule has 0 unspecified atom stereocenters. The van der Waals surface area contributed by atoms with E-state index in [2.05, 4.69) is 18.9 Å². The number of nitrogens with two attached hydrogens (primary N) is 1. The van der Waals surface area contributed by atoms with Crippen molar-refractivity contribution in [3.8, 4) is 0 Å². The Morgan fingerprint density at radius 2 is 2.12 bits per heavy atom. The van der Waals surface area contributed by atoms with E-state index in [9.17, 15) is 4.79 Å². The third kappa shape index (κ3) is 2.53. The topological polar surface area (TPSA) is 70.1 Å². The van der Waals surface area contributed by atoms with Crippen LogP contribution >= 0.6 is 0 Å². The van der Waals surface area contributed by atoms with E-state index < -0.39 is 5.97 Å². The second-order valence-corrected chi connectivity index (χ2v) is 3.59. The summed E-state index contributed by atoms with van der Waals surface area (Å²) in [5, 5.41) is 4.19. The van der Waals surface area contributed by atoms with Crippen LogP contribution in [0.15, 0.2) is 6.07 Å². The SMILES string of the molecule is CCOC(=O)c1cc(N)n(C(CC)CC)n1. The number of nitrogen functional groups attached to an aromatic ring is 1. The Morgan fingerprint density at radius 3 is 2.62 bits per heavy atom. The molecule has 0 radical (unpaired) electrons. The standard InChI is InChI=1S/C11H19N3O2/c1-4-8(5-2)14-10(12)7-9(13-14)11(15)16-6-3/h7-8H,4-6,12H2,1-3H3. The number of ether oxygens (including phenoxy) is 1. The van der Waals surface area contributed by atoms with Gasteiger partial charge in [-0.05, 0) is 19.8 Å². The van der Waals surface area contributed by atoms with Crippen LogP contribution in [0.5, 0.6) is 0 Å². The van der Waals surface area contributed by atoms with Crippen LogP contribution in [0.25, 0.3) is 0 Å². The molecule has 0 saturated heterocycles. The number of nitrogens with zero attached hydrogens (tertiary/aromatic N) is 2. The molecular weight excluding hydrogens is 206 g/mol. The number of hydrogen-bond donors (Lipinski definition) is 1. The van der Waals surface area contributed by atoms with E-state index in [0.717, 1.165) is 12.8 Å². The molecule has 1 aromatic rings. The summed E-state index contributed by atoms with van der Waals surface area (Å²) >= 11 is 0. The van der Waals surface area contributed by atoms with Crippen LogP contribution in [0.1, 0.15) is 50.1 Å². The Hall–Kier alpha value is -1.52. The normalized spacial score (nSPS) is 10.8. The van der Waals surface area contributed by atoms with E-state index in [1.165, 1.54) is 0 Å². The lowest BCUT2D eigenvalue weighted by Gasteiger charge is -2.14. The predicted octanol–water partition coefficient (Wildman–Crippen LogP) is 2.00. The lowest BCUT2D eigenvalue weighted by Crippen LogP contribution is -2.13. The van der Waals surface area contributed by atoms with Gasteiger partial charge in [-0.15, -0.1) is 0 Å². The van der Waals surface area contributed by atoms with Crippen LogP contribution in [0, 0.1) is 0 Å². The zero-order valence-electron chi connectivity index (χ0n) is 10.1. The number of anilines is 1. The van der Waals surface area contributed by atoms with Gasteiger partial charge in [0.1, 0.15) is 5.82 Å². The molecular formula is C11H19N3O2. The lowest BCUT2D eigenvalue weighted by molar-refractivity contribution is 0.0518. The van der Waals surface area contributed by atoms with Crippen molar-refractivity contribution in [3.63, 3.8) is 0 Å². The lowest BCUT2D eigenvalue weighted by atomic mass is 10.2. The zero-order valence-corrected chi connectivity index (χ0v) is 10.1.